The first-order valence-corrected chi connectivity index (χ1v) is 10.3. The van der Waals surface area contributed by atoms with Crippen LogP contribution in [0.4, 0.5) is 0 Å². The van der Waals surface area contributed by atoms with Crippen LogP contribution >= 0.6 is 0 Å². The number of carbonyl (C=O) groups excluding carboxylic acids is 1. The first kappa shape index (κ1) is 19.7. The number of amides is 1. The van der Waals surface area contributed by atoms with Gasteiger partial charge in [-0.05, 0) is 45.1 Å². The summed E-state index contributed by atoms with van der Waals surface area (Å²) in [5.41, 5.74) is 2.56. The van der Waals surface area contributed by atoms with Crippen molar-refractivity contribution in [3.63, 3.8) is 0 Å². The van der Waals surface area contributed by atoms with E-state index < -0.39 is 0 Å². The SMILES string of the molecule is CC(C)n1cc2c(n1)CC(NC(=NCC(=O)N(C)C)NC1CCCC1)CC2. The maximum Gasteiger partial charge on any atom is 0.243 e. The van der Waals surface area contributed by atoms with E-state index in [1.165, 1.54) is 36.9 Å². The number of aromatic nitrogens is 2. The van der Waals surface area contributed by atoms with Crippen LogP contribution < -0.4 is 10.6 Å². The number of rotatable bonds is 5. The topological polar surface area (TPSA) is 74.5 Å². The highest BCUT2D eigenvalue weighted by Gasteiger charge is 2.24. The molecule has 0 radical (unpaired) electrons. The Hall–Kier alpha value is -2.05. The van der Waals surface area contributed by atoms with Gasteiger partial charge in [-0.25, -0.2) is 4.99 Å². The minimum Gasteiger partial charge on any atom is -0.354 e. The Morgan fingerprint density at radius 1 is 1.26 bits per heavy atom. The van der Waals surface area contributed by atoms with Gasteiger partial charge in [-0.2, -0.15) is 5.10 Å². The lowest BCUT2D eigenvalue weighted by Gasteiger charge is -2.26. The summed E-state index contributed by atoms with van der Waals surface area (Å²) in [6.07, 6.45) is 10.1. The van der Waals surface area contributed by atoms with Gasteiger partial charge in [0.1, 0.15) is 6.54 Å². The first-order chi connectivity index (χ1) is 12.9. The molecular weight excluding hydrogens is 340 g/mol. The number of aliphatic imine (C=N–C) groups is 1. The Morgan fingerprint density at radius 2 is 1.96 bits per heavy atom. The van der Waals surface area contributed by atoms with Gasteiger partial charge in [0.15, 0.2) is 5.96 Å². The van der Waals surface area contributed by atoms with Gasteiger partial charge < -0.3 is 15.5 Å². The smallest absolute Gasteiger partial charge is 0.243 e. The van der Waals surface area contributed by atoms with Crippen LogP contribution in [0.2, 0.25) is 0 Å². The minimum atomic E-state index is 0.0177. The lowest BCUT2D eigenvalue weighted by molar-refractivity contribution is -0.127. The molecule has 7 nitrogen and oxygen atoms in total. The highest BCUT2D eigenvalue weighted by Crippen LogP contribution is 2.22. The van der Waals surface area contributed by atoms with E-state index in [1.807, 2.05) is 0 Å². The molecule has 3 rings (SSSR count). The third kappa shape index (κ3) is 5.23. The second-order valence-corrected chi connectivity index (χ2v) is 8.34. The molecule has 0 bridgehead atoms. The molecule has 7 heteroatoms. The normalized spacial score (nSPS) is 20.6. The number of nitrogens with zero attached hydrogens (tertiary/aromatic N) is 4. The summed E-state index contributed by atoms with van der Waals surface area (Å²) in [5.74, 6) is 0.790. The predicted octanol–water partition coefficient (Wildman–Crippen LogP) is 1.89. The number of carbonyl (C=O) groups is 1. The number of guanidine groups is 1. The van der Waals surface area contributed by atoms with Crippen LogP contribution in [0, 0.1) is 0 Å². The fourth-order valence-corrected chi connectivity index (χ4v) is 3.78. The van der Waals surface area contributed by atoms with E-state index in [9.17, 15) is 4.79 Å². The summed E-state index contributed by atoms with van der Waals surface area (Å²) in [7, 11) is 3.53. The average molecular weight is 375 g/mol. The van der Waals surface area contributed by atoms with Crippen LogP contribution in [-0.4, -0.2) is 59.3 Å². The Morgan fingerprint density at radius 3 is 2.63 bits per heavy atom. The van der Waals surface area contributed by atoms with E-state index in [1.54, 1.807) is 19.0 Å². The summed E-state index contributed by atoms with van der Waals surface area (Å²) in [5, 5.41) is 11.9. The monoisotopic (exact) mass is 374 g/mol. The summed E-state index contributed by atoms with van der Waals surface area (Å²) >= 11 is 0. The molecule has 1 heterocycles. The minimum absolute atomic E-state index is 0.0177. The van der Waals surface area contributed by atoms with E-state index in [0.29, 0.717) is 18.1 Å². The van der Waals surface area contributed by atoms with E-state index in [2.05, 4.69) is 40.4 Å². The molecule has 1 atom stereocenters. The third-order valence-electron chi connectivity index (χ3n) is 5.53. The first-order valence-electron chi connectivity index (χ1n) is 10.3. The van der Waals surface area contributed by atoms with Crippen molar-refractivity contribution in [3.8, 4) is 0 Å². The van der Waals surface area contributed by atoms with Crippen molar-refractivity contribution < 1.29 is 4.79 Å². The molecule has 2 N–H and O–H groups in total. The molecule has 1 aromatic rings. The van der Waals surface area contributed by atoms with Crippen molar-refractivity contribution in [2.45, 2.75) is 76.9 Å². The Bertz CT molecular complexity index is 672. The van der Waals surface area contributed by atoms with Gasteiger partial charge >= 0.3 is 0 Å². The van der Waals surface area contributed by atoms with Crippen molar-refractivity contribution in [1.82, 2.24) is 25.3 Å². The molecular formula is C20H34N6O. The van der Waals surface area contributed by atoms with Gasteiger partial charge in [-0.1, -0.05) is 12.8 Å². The van der Waals surface area contributed by atoms with Crippen molar-refractivity contribution in [3.05, 3.63) is 17.5 Å². The van der Waals surface area contributed by atoms with Crippen LogP contribution in [0.15, 0.2) is 11.2 Å². The van der Waals surface area contributed by atoms with Crippen molar-refractivity contribution >= 4 is 11.9 Å². The van der Waals surface area contributed by atoms with Gasteiger partial charge in [0.2, 0.25) is 5.91 Å². The molecule has 0 aromatic carbocycles. The molecule has 0 saturated heterocycles. The summed E-state index contributed by atoms with van der Waals surface area (Å²) in [6.45, 7) is 4.49. The average Bonchev–Trinajstić information content (AvgIpc) is 3.28. The van der Waals surface area contributed by atoms with Crippen LogP contribution in [-0.2, 0) is 17.6 Å². The summed E-state index contributed by atoms with van der Waals surface area (Å²) < 4.78 is 2.06. The Kier molecular flexibility index (Phi) is 6.39. The van der Waals surface area contributed by atoms with Gasteiger partial charge in [0, 0.05) is 44.8 Å². The van der Waals surface area contributed by atoms with Crippen molar-refractivity contribution in [1.29, 1.82) is 0 Å². The zero-order chi connectivity index (χ0) is 19.4. The highest BCUT2D eigenvalue weighted by atomic mass is 16.2. The third-order valence-corrected chi connectivity index (χ3v) is 5.53. The fourth-order valence-electron chi connectivity index (χ4n) is 3.78. The molecule has 1 fully saturated rings. The van der Waals surface area contributed by atoms with E-state index in [0.717, 1.165) is 25.2 Å². The molecule has 27 heavy (non-hydrogen) atoms. The van der Waals surface area contributed by atoms with Crippen LogP contribution in [0.3, 0.4) is 0 Å². The molecule has 0 spiro atoms. The zero-order valence-corrected chi connectivity index (χ0v) is 17.2. The Balaban J connectivity index is 1.65. The van der Waals surface area contributed by atoms with Gasteiger partial charge in [-0.15, -0.1) is 0 Å². The molecule has 0 aliphatic heterocycles. The standard InChI is InChI=1S/C20H34N6O/c1-14(2)26-13-15-9-10-17(11-18(15)24-26)23-20(21-12-19(27)25(3)4)22-16-7-5-6-8-16/h13-14,16-17H,5-12H2,1-4H3,(H2,21,22,23). The number of aryl methyl sites for hydroxylation is 1. The van der Waals surface area contributed by atoms with Crippen LogP contribution in [0.5, 0.6) is 0 Å². The molecule has 1 aromatic heterocycles. The van der Waals surface area contributed by atoms with E-state index >= 15 is 0 Å². The van der Waals surface area contributed by atoms with E-state index in [-0.39, 0.29) is 12.5 Å². The zero-order valence-electron chi connectivity index (χ0n) is 17.2. The van der Waals surface area contributed by atoms with Gasteiger partial charge in [0.05, 0.1) is 5.69 Å². The Labute approximate surface area is 162 Å². The summed E-state index contributed by atoms with van der Waals surface area (Å²) in [4.78, 5) is 18.1. The number of nitrogens with one attached hydrogen (secondary N) is 2. The molecule has 1 saturated carbocycles. The molecule has 2 aliphatic rings. The predicted molar refractivity (Wildman–Crippen MR) is 108 cm³/mol. The van der Waals surface area contributed by atoms with Crippen molar-refractivity contribution in [2.24, 2.45) is 4.99 Å². The number of hydrogen-bond acceptors (Lipinski definition) is 3. The second kappa shape index (κ2) is 8.76. The maximum absolute atomic E-state index is 12.0. The second-order valence-electron chi connectivity index (χ2n) is 8.34. The lowest BCUT2D eigenvalue weighted by Crippen LogP contribution is -2.48. The highest BCUT2D eigenvalue weighted by molar-refractivity contribution is 5.85. The molecule has 1 unspecified atom stereocenters. The van der Waals surface area contributed by atoms with Crippen molar-refractivity contribution in [2.75, 3.05) is 20.6 Å². The maximum atomic E-state index is 12.0. The lowest BCUT2D eigenvalue weighted by atomic mass is 9.94. The number of fused-ring (bicyclic) bond motifs is 1. The van der Waals surface area contributed by atoms with Gasteiger partial charge in [0.25, 0.3) is 0 Å². The largest absolute Gasteiger partial charge is 0.354 e. The van der Waals surface area contributed by atoms with Crippen LogP contribution in [0.1, 0.15) is 63.3 Å². The summed E-state index contributed by atoms with van der Waals surface area (Å²) in [6, 6.07) is 1.15. The molecule has 2 aliphatic carbocycles. The van der Waals surface area contributed by atoms with Gasteiger partial charge in [-0.3, -0.25) is 9.48 Å². The number of hydrogen-bond donors (Lipinski definition) is 2. The quantitative estimate of drug-likeness (QED) is 0.610. The van der Waals surface area contributed by atoms with Crippen LogP contribution in [0.25, 0.3) is 0 Å². The molecule has 150 valence electrons. The fraction of sp³-hybridized carbons (Fsp3) is 0.750. The number of likely N-dealkylation sites (N-methyl/N-ethyl adjacent to an activating group) is 1. The molecule has 1 amide bonds. The van der Waals surface area contributed by atoms with E-state index in [4.69, 9.17) is 5.10 Å².